The molecule has 30 heavy (non-hydrogen) atoms. The van der Waals surface area contributed by atoms with Gasteiger partial charge in [0.25, 0.3) is 0 Å². The minimum atomic E-state index is -4.83. The van der Waals surface area contributed by atoms with E-state index in [-0.39, 0.29) is 16.6 Å². The van der Waals surface area contributed by atoms with Crippen molar-refractivity contribution in [1.82, 2.24) is 5.32 Å². The number of rotatable bonds is 2. The van der Waals surface area contributed by atoms with Crippen molar-refractivity contribution >= 4 is 11.7 Å². The second-order valence-electron chi connectivity index (χ2n) is 11.0. The minimum Gasteiger partial charge on any atom is -0.382 e. The van der Waals surface area contributed by atoms with Crippen molar-refractivity contribution in [2.45, 2.75) is 96.4 Å². The summed E-state index contributed by atoms with van der Waals surface area (Å²) < 4.78 is 38.0. The number of carbonyl (C=O) groups excluding carboxylic acids is 2. The Kier molecular flexibility index (Phi) is 5.11. The zero-order valence-electron chi connectivity index (χ0n) is 18.1. The number of carbonyl (C=O) groups is 2. The molecule has 0 bridgehead atoms. The summed E-state index contributed by atoms with van der Waals surface area (Å²) >= 11 is 0. The van der Waals surface area contributed by atoms with Crippen molar-refractivity contribution < 1.29 is 27.9 Å². The molecular formula is C23H34F3NO3. The van der Waals surface area contributed by atoms with Crippen LogP contribution in [-0.2, 0) is 9.59 Å². The topological polar surface area (TPSA) is 66.4 Å². The number of halogens is 3. The molecule has 2 N–H and O–H groups in total. The lowest BCUT2D eigenvalue weighted by Crippen LogP contribution is -2.59. The van der Waals surface area contributed by atoms with Gasteiger partial charge >= 0.3 is 12.1 Å². The van der Waals surface area contributed by atoms with Crippen LogP contribution < -0.4 is 5.32 Å². The maximum absolute atomic E-state index is 12.7. The lowest BCUT2D eigenvalue weighted by Gasteiger charge is -2.61. The van der Waals surface area contributed by atoms with Crippen LogP contribution >= 0.6 is 0 Å². The number of fused-ring (bicyclic) bond motifs is 5. The predicted octanol–water partition coefficient (Wildman–Crippen LogP) is 4.40. The monoisotopic (exact) mass is 429 g/mol. The zero-order valence-corrected chi connectivity index (χ0v) is 18.1. The van der Waals surface area contributed by atoms with Gasteiger partial charge in [-0.15, -0.1) is 0 Å². The summed E-state index contributed by atoms with van der Waals surface area (Å²) in [5, 5.41) is 13.4. The average molecular weight is 430 g/mol. The molecule has 4 nitrogen and oxygen atoms in total. The highest BCUT2D eigenvalue weighted by Crippen LogP contribution is 2.68. The van der Waals surface area contributed by atoms with Crippen LogP contribution in [-0.4, -0.2) is 34.6 Å². The lowest BCUT2D eigenvalue weighted by atomic mass is 9.44. The van der Waals surface area contributed by atoms with Crippen LogP contribution in [0.5, 0.6) is 0 Å². The molecular weight excluding hydrogens is 395 g/mol. The largest absolute Gasteiger partial charge is 0.471 e. The molecule has 1 amide bonds. The minimum absolute atomic E-state index is 0.0562. The lowest BCUT2D eigenvalue weighted by molar-refractivity contribution is -0.177. The third-order valence-corrected chi connectivity index (χ3v) is 9.99. The number of hydrogen-bond acceptors (Lipinski definition) is 3. The Morgan fingerprint density at radius 3 is 2.27 bits per heavy atom. The van der Waals surface area contributed by atoms with Gasteiger partial charge in [-0.25, -0.2) is 0 Å². The van der Waals surface area contributed by atoms with Gasteiger partial charge in [-0.3, -0.25) is 9.59 Å². The molecule has 0 heterocycles. The van der Waals surface area contributed by atoms with E-state index in [1.165, 1.54) is 6.92 Å². The molecule has 4 aliphatic carbocycles. The maximum Gasteiger partial charge on any atom is 0.471 e. The van der Waals surface area contributed by atoms with Crippen LogP contribution in [0.15, 0.2) is 0 Å². The zero-order chi connectivity index (χ0) is 22.1. The van der Waals surface area contributed by atoms with Gasteiger partial charge in [0.1, 0.15) is 5.60 Å². The van der Waals surface area contributed by atoms with E-state index in [9.17, 15) is 27.9 Å². The standard InChI is InChI=1S/C23H34F3NO3/c1-13(28)22(30)11-8-18-16-5-4-14-12-15(27-19(29)23(24,25)26)6-9-20(14,2)17(16)7-10-21(18,22)3/h14-18,30H,4-12H2,1-3H3,(H,27,29)/t14-,15+,16?,17?,18?,20-,21-,22-/m0/s1. The summed E-state index contributed by atoms with van der Waals surface area (Å²) in [6.45, 7) is 5.90. The summed E-state index contributed by atoms with van der Waals surface area (Å²) in [4.78, 5) is 23.7. The van der Waals surface area contributed by atoms with E-state index in [4.69, 9.17) is 0 Å². The van der Waals surface area contributed by atoms with E-state index < -0.39 is 23.7 Å². The number of aliphatic hydroxyl groups is 1. The highest BCUT2D eigenvalue weighted by molar-refractivity contribution is 5.86. The number of hydrogen-bond donors (Lipinski definition) is 2. The van der Waals surface area contributed by atoms with E-state index in [1.807, 2.05) is 0 Å². The average Bonchev–Trinajstić information content (AvgIpc) is 2.94. The molecule has 0 saturated heterocycles. The molecule has 4 aliphatic rings. The van der Waals surface area contributed by atoms with Gasteiger partial charge in [-0.2, -0.15) is 13.2 Å². The van der Waals surface area contributed by atoms with E-state index >= 15 is 0 Å². The molecule has 0 aromatic heterocycles. The van der Waals surface area contributed by atoms with Gasteiger partial charge in [0.2, 0.25) is 0 Å². The Morgan fingerprint density at radius 2 is 1.63 bits per heavy atom. The molecule has 3 unspecified atom stereocenters. The van der Waals surface area contributed by atoms with Crippen molar-refractivity contribution in [3.8, 4) is 0 Å². The van der Waals surface area contributed by atoms with Crippen molar-refractivity contribution in [3.05, 3.63) is 0 Å². The normalized spacial score (nSPS) is 48.3. The van der Waals surface area contributed by atoms with E-state index in [1.54, 1.807) is 0 Å². The molecule has 170 valence electrons. The third-order valence-electron chi connectivity index (χ3n) is 9.99. The molecule has 0 aromatic rings. The van der Waals surface area contributed by atoms with Crippen LogP contribution in [0, 0.1) is 34.5 Å². The summed E-state index contributed by atoms with van der Waals surface area (Å²) in [5.41, 5.74) is -1.54. The van der Waals surface area contributed by atoms with Crippen molar-refractivity contribution in [2.75, 3.05) is 0 Å². The molecule has 0 radical (unpaired) electrons. The quantitative estimate of drug-likeness (QED) is 0.684. The molecule has 0 aromatic carbocycles. The van der Waals surface area contributed by atoms with Crippen LogP contribution in [0.3, 0.4) is 0 Å². The summed E-state index contributed by atoms with van der Waals surface area (Å²) in [7, 11) is 0. The van der Waals surface area contributed by atoms with E-state index in [0.717, 1.165) is 38.5 Å². The Bertz CT molecular complexity index is 740. The molecule has 7 heteroatoms. The Morgan fingerprint density at radius 1 is 0.967 bits per heavy atom. The molecule has 0 spiro atoms. The maximum atomic E-state index is 12.7. The van der Waals surface area contributed by atoms with Gasteiger partial charge in [0, 0.05) is 11.5 Å². The third kappa shape index (κ3) is 3.05. The van der Waals surface area contributed by atoms with Crippen LogP contribution in [0.1, 0.15) is 78.6 Å². The number of nitrogens with one attached hydrogen (secondary N) is 1. The summed E-state index contributed by atoms with van der Waals surface area (Å²) in [6.07, 6.45) is 2.32. The van der Waals surface area contributed by atoms with Crippen molar-refractivity contribution in [3.63, 3.8) is 0 Å². The first-order chi connectivity index (χ1) is 13.8. The molecule has 8 atom stereocenters. The van der Waals surface area contributed by atoms with Gasteiger partial charge < -0.3 is 10.4 Å². The fourth-order valence-electron chi connectivity index (χ4n) is 8.25. The van der Waals surface area contributed by atoms with Crippen LogP contribution in [0.4, 0.5) is 13.2 Å². The predicted molar refractivity (Wildman–Crippen MR) is 105 cm³/mol. The van der Waals surface area contributed by atoms with Crippen molar-refractivity contribution in [1.29, 1.82) is 0 Å². The smallest absolute Gasteiger partial charge is 0.382 e. The Balaban J connectivity index is 1.50. The van der Waals surface area contributed by atoms with Gasteiger partial charge in [0.15, 0.2) is 5.78 Å². The first-order valence-corrected chi connectivity index (χ1v) is 11.4. The van der Waals surface area contributed by atoms with Crippen LogP contribution in [0.2, 0.25) is 0 Å². The summed E-state index contributed by atoms with van der Waals surface area (Å²) in [5.74, 6) is -0.379. The fourth-order valence-corrected chi connectivity index (χ4v) is 8.25. The SMILES string of the molecule is CC(=O)[C@@]1(O)CCC2C3CC[C@H]4C[C@H](NC(=O)C(F)(F)F)CC[C@]4(C)C3CC[C@@]21C. The van der Waals surface area contributed by atoms with Gasteiger partial charge in [-0.05, 0) is 93.8 Å². The first kappa shape index (κ1) is 22.1. The molecule has 4 rings (SSSR count). The van der Waals surface area contributed by atoms with Crippen LogP contribution in [0.25, 0.3) is 0 Å². The highest BCUT2D eigenvalue weighted by atomic mass is 19.4. The van der Waals surface area contributed by atoms with Gasteiger partial charge in [-0.1, -0.05) is 13.8 Å². The van der Waals surface area contributed by atoms with Crippen molar-refractivity contribution in [2.24, 2.45) is 34.5 Å². The number of Topliss-reactive ketones (excluding diaryl/α,β-unsaturated/α-hetero) is 1. The Hall–Kier alpha value is -1.11. The Labute approximate surface area is 176 Å². The molecule has 0 aliphatic heterocycles. The second kappa shape index (κ2) is 6.94. The van der Waals surface area contributed by atoms with Gasteiger partial charge in [0.05, 0.1) is 0 Å². The number of alkyl halides is 3. The van der Waals surface area contributed by atoms with E-state index in [0.29, 0.717) is 42.9 Å². The molecule has 4 saturated carbocycles. The fraction of sp³-hybridized carbons (Fsp3) is 0.913. The highest BCUT2D eigenvalue weighted by Gasteiger charge is 2.66. The number of amides is 1. The van der Waals surface area contributed by atoms with E-state index in [2.05, 4.69) is 19.2 Å². The number of ketones is 1. The first-order valence-electron chi connectivity index (χ1n) is 11.4. The summed E-state index contributed by atoms with van der Waals surface area (Å²) in [6, 6.07) is -0.406. The second-order valence-corrected chi connectivity index (χ2v) is 11.0. The molecule has 4 fully saturated rings.